The number of aromatic amines is 1. The lowest BCUT2D eigenvalue weighted by molar-refractivity contribution is -0.132. The lowest BCUT2D eigenvalue weighted by Gasteiger charge is -2.32. The standard InChI is InChI=1S/C17H23N5O2S/c1-2-15-19-17(21-20-15)25-12-16(23)22-9-5-7-14(10-22)24-11-13-6-3-4-8-18-13/h3-4,6,8,14H,2,5,7,9-12H2,1H3,(H,19,20,21). The number of amides is 1. The number of ether oxygens (including phenoxy) is 1. The summed E-state index contributed by atoms with van der Waals surface area (Å²) < 4.78 is 5.94. The molecule has 1 atom stereocenters. The van der Waals surface area contributed by atoms with Crippen LogP contribution in [-0.2, 0) is 22.6 Å². The molecule has 1 aliphatic heterocycles. The maximum Gasteiger partial charge on any atom is 0.233 e. The van der Waals surface area contributed by atoms with Gasteiger partial charge in [-0.15, -0.1) is 5.10 Å². The molecule has 1 aliphatic rings. The summed E-state index contributed by atoms with van der Waals surface area (Å²) >= 11 is 1.37. The number of hydrogen-bond donors (Lipinski definition) is 1. The third-order valence-corrected chi connectivity index (χ3v) is 4.93. The zero-order valence-corrected chi connectivity index (χ0v) is 15.2. The molecule has 0 saturated carbocycles. The Hall–Kier alpha value is -1.93. The normalized spacial score (nSPS) is 17.6. The van der Waals surface area contributed by atoms with Crippen molar-refractivity contribution in [1.82, 2.24) is 25.1 Å². The highest BCUT2D eigenvalue weighted by atomic mass is 32.2. The highest BCUT2D eigenvalue weighted by Crippen LogP contribution is 2.18. The van der Waals surface area contributed by atoms with Crippen LogP contribution in [0, 0.1) is 0 Å². The number of nitrogens with zero attached hydrogens (tertiary/aromatic N) is 4. The zero-order chi connectivity index (χ0) is 17.5. The molecule has 2 aromatic heterocycles. The third kappa shape index (κ3) is 5.27. The van der Waals surface area contributed by atoms with Crippen molar-refractivity contribution in [3.8, 4) is 0 Å². The molecule has 25 heavy (non-hydrogen) atoms. The molecule has 0 aliphatic carbocycles. The maximum atomic E-state index is 12.4. The SMILES string of the molecule is CCc1nc(SCC(=O)N2CCCC(OCc3ccccn3)C2)n[nH]1. The average molecular weight is 361 g/mol. The number of carbonyl (C=O) groups is 1. The highest BCUT2D eigenvalue weighted by molar-refractivity contribution is 7.99. The van der Waals surface area contributed by atoms with Crippen LogP contribution >= 0.6 is 11.8 Å². The number of thioether (sulfide) groups is 1. The van der Waals surface area contributed by atoms with Crippen molar-refractivity contribution in [2.24, 2.45) is 0 Å². The highest BCUT2D eigenvalue weighted by Gasteiger charge is 2.24. The largest absolute Gasteiger partial charge is 0.370 e. The zero-order valence-electron chi connectivity index (χ0n) is 14.4. The minimum atomic E-state index is 0.0694. The van der Waals surface area contributed by atoms with Crippen LogP contribution in [0.2, 0.25) is 0 Å². The Morgan fingerprint density at radius 1 is 1.48 bits per heavy atom. The summed E-state index contributed by atoms with van der Waals surface area (Å²) in [5.41, 5.74) is 0.915. The molecule has 134 valence electrons. The molecule has 3 rings (SSSR count). The summed E-state index contributed by atoms with van der Waals surface area (Å²) in [5.74, 6) is 1.31. The molecule has 0 bridgehead atoms. The first-order valence-electron chi connectivity index (χ1n) is 8.58. The van der Waals surface area contributed by atoms with Crippen LogP contribution in [0.15, 0.2) is 29.6 Å². The summed E-state index contributed by atoms with van der Waals surface area (Å²) in [6.45, 7) is 3.93. The molecule has 0 aromatic carbocycles. The summed E-state index contributed by atoms with van der Waals surface area (Å²) in [5, 5.41) is 7.60. The van der Waals surface area contributed by atoms with E-state index in [2.05, 4.69) is 20.2 Å². The molecule has 8 heteroatoms. The molecular formula is C17H23N5O2S. The van der Waals surface area contributed by atoms with Gasteiger partial charge in [-0.25, -0.2) is 4.98 Å². The molecule has 2 aromatic rings. The Kier molecular flexibility index (Phi) is 6.41. The number of H-pyrrole nitrogens is 1. The predicted octanol–water partition coefficient (Wildman–Crippen LogP) is 2.06. The van der Waals surface area contributed by atoms with E-state index in [1.165, 1.54) is 11.8 Å². The Morgan fingerprint density at radius 2 is 2.40 bits per heavy atom. The van der Waals surface area contributed by atoms with Gasteiger partial charge in [-0.2, -0.15) is 0 Å². The van der Waals surface area contributed by atoms with E-state index in [1.807, 2.05) is 30.0 Å². The van der Waals surface area contributed by atoms with Crippen LogP contribution < -0.4 is 0 Å². The fraction of sp³-hybridized carbons (Fsp3) is 0.529. The van der Waals surface area contributed by atoms with Gasteiger partial charge in [-0.3, -0.25) is 14.9 Å². The van der Waals surface area contributed by atoms with Crippen LogP contribution in [0.3, 0.4) is 0 Å². The maximum absolute atomic E-state index is 12.4. The van der Waals surface area contributed by atoms with Crippen molar-refractivity contribution >= 4 is 17.7 Å². The number of pyridine rings is 1. The Morgan fingerprint density at radius 3 is 3.16 bits per heavy atom. The molecule has 1 saturated heterocycles. The molecular weight excluding hydrogens is 338 g/mol. The van der Waals surface area contributed by atoms with Crippen molar-refractivity contribution in [2.75, 3.05) is 18.8 Å². The van der Waals surface area contributed by atoms with E-state index in [9.17, 15) is 4.79 Å². The Bertz CT molecular complexity index is 679. The van der Waals surface area contributed by atoms with Gasteiger partial charge in [-0.1, -0.05) is 24.8 Å². The number of rotatable bonds is 7. The van der Waals surface area contributed by atoms with Crippen LogP contribution in [-0.4, -0.2) is 55.9 Å². The third-order valence-electron chi connectivity index (χ3n) is 4.09. The molecule has 0 radical (unpaired) electrons. The predicted molar refractivity (Wildman–Crippen MR) is 95.1 cm³/mol. The molecule has 1 amide bonds. The van der Waals surface area contributed by atoms with Crippen LogP contribution in [0.5, 0.6) is 0 Å². The molecule has 7 nitrogen and oxygen atoms in total. The topological polar surface area (TPSA) is 84.0 Å². The van der Waals surface area contributed by atoms with Crippen molar-refractivity contribution < 1.29 is 9.53 Å². The summed E-state index contributed by atoms with van der Waals surface area (Å²) in [6.07, 6.45) is 4.58. The average Bonchev–Trinajstić information content (AvgIpc) is 3.14. The second-order valence-electron chi connectivity index (χ2n) is 5.94. The van der Waals surface area contributed by atoms with E-state index in [1.54, 1.807) is 6.20 Å². The van der Waals surface area contributed by atoms with Gasteiger partial charge < -0.3 is 9.64 Å². The minimum Gasteiger partial charge on any atom is -0.370 e. The monoisotopic (exact) mass is 361 g/mol. The number of likely N-dealkylation sites (tertiary alicyclic amines) is 1. The number of carbonyl (C=O) groups excluding carboxylic acids is 1. The molecule has 3 heterocycles. The van der Waals surface area contributed by atoms with Crippen LogP contribution in [0.4, 0.5) is 0 Å². The van der Waals surface area contributed by atoms with E-state index in [0.29, 0.717) is 24.1 Å². The number of aromatic nitrogens is 4. The Balaban J connectivity index is 1.44. The second-order valence-corrected chi connectivity index (χ2v) is 6.89. The molecule has 1 fully saturated rings. The van der Waals surface area contributed by atoms with Gasteiger partial charge in [0.1, 0.15) is 5.82 Å². The van der Waals surface area contributed by atoms with Crippen molar-refractivity contribution in [3.63, 3.8) is 0 Å². The molecule has 1 N–H and O–H groups in total. The summed E-state index contributed by atoms with van der Waals surface area (Å²) in [6, 6.07) is 5.79. The van der Waals surface area contributed by atoms with Gasteiger partial charge in [0.15, 0.2) is 0 Å². The van der Waals surface area contributed by atoms with Crippen molar-refractivity contribution in [2.45, 2.75) is 44.1 Å². The minimum absolute atomic E-state index is 0.0694. The first kappa shape index (κ1) is 17.9. The molecule has 1 unspecified atom stereocenters. The lowest BCUT2D eigenvalue weighted by Crippen LogP contribution is -2.44. The quantitative estimate of drug-likeness (QED) is 0.760. The van der Waals surface area contributed by atoms with Gasteiger partial charge in [0, 0.05) is 25.7 Å². The van der Waals surface area contributed by atoms with Gasteiger partial charge in [0.2, 0.25) is 11.1 Å². The lowest BCUT2D eigenvalue weighted by atomic mass is 10.1. The number of hydrogen-bond acceptors (Lipinski definition) is 6. The van der Waals surface area contributed by atoms with Crippen LogP contribution in [0.1, 0.15) is 31.3 Å². The summed E-state index contributed by atoms with van der Waals surface area (Å²) in [4.78, 5) is 22.9. The van der Waals surface area contributed by atoms with Crippen LogP contribution in [0.25, 0.3) is 0 Å². The van der Waals surface area contributed by atoms with Crippen molar-refractivity contribution in [1.29, 1.82) is 0 Å². The fourth-order valence-corrected chi connectivity index (χ4v) is 3.43. The van der Waals surface area contributed by atoms with E-state index in [0.717, 1.165) is 37.3 Å². The van der Waals surface area contributed by atoms with Gasteiger partial charge in [-0.05, 0) is 25.0 Å². The fourth-order valence-electron chi connectivity index (χ4n) is 2.71. The number of aryl methyl sites for hydroxylation is 1. The van der Waals surface area contributed by atoms with Gasteiger partial charge >= 0.3 is 0 Å². The number of nitrogens with one attached hydrogen (secondary N) is 1. The number of piperidine rings is 1. The van der Waals surface area contributed by atoms with E-state index < -0.39 is 0 Å². The molecule has 0 spiro atoms. The second kappa shape index (κ2) is 8.96. The first-order chi connectivity index (χ1) is 12.2. The Labute approximate surface area is 151 Å². The van der Waals surface area contributed by atoms with E-state index in [-0.39, 0.29) is 12.0 Å². The van der Waals surface area contributed by atoms with E-state index in [4.69, 9.17) is 4.74 Å². The first-order valence-corrected chi connectivity index (χ1v) is 9.56. The van der Waals surface area contributed by atoms with E-state index >= 15 is 0 Å². The summed E-state index contributed by atoms with van der Waals surface area (Å²) in [7, 11) is 0. The smallest absolute Gasteiger partial charge is 0.233 e. The van der Waals surface area contributed by atoms with Crippen molar-refractivity contribution in [3.05, 3.63) is 35.9 Å². The van der Waals surface area contributed by atoms with Gasteiger partial charge in [0.25, 0.3) is 0 Å². The van der Waals surface area contributed by atoms with Gasteiger partial charge in [0.05, 0.1) is 24.2 Å².